The Kier molecular flexibility index (Phi) is 4.03. The van der Waals surface area contributed by atoms with Gasteiger partial charge in [0.15, 0.2) is 0 Å². The van der Waals surface area contributed by atoms with Crippen LogP contribution in [0.15, 0.2) is 28.9 Å². The van der Waals surface area contributed by atoms with Crippen LogP contribution in [0.3, 0.4) is 0 Å². The van der Waals surface area contributed by atoms with E-state index in [0.717, 1.165) is 0 Å². The molecule has 106 valence electrons. The molecule has 1 aliphatic carbocycles. The molecule has 1 aliphatic rings. The van der Waals surface area contributed by atoms with Gasteiger partial charge in [-0.05, 0) is 25.0 Å². The van der Waals surface area contributed by atoms with Gasteiger partial charge in [0.25, 0.3) is 0 Å². The van der Waals surface area contributed by atoms with Gasteiger partial charge in [0.05, 0.1) is 13.2 Å². The fraction of sp³-hybridized carbons (Fsp3) is 0.500. The van der Waals surface area contributed by atoms with Crippen molar-refractivity contribution in [3.8, 4) is 11.5 Å². The lowest BCUT2D eigenvalue weighted by Crippen LogP contribution is -2.41. The molecule has 0 bridgehead atoms. The van der Waals surface area contributed by atoms with Crippen molar-refractivity contribution < 1.29 is 9.63 Å². The zero-order chi connectivity index (χ0) is 13.8. The number of hydrogen-bond acceptors (Lipinski definition) is 6. The first-order valence-electron chi connectivity index (χ1n) is 6.95. The molecule has 2 heterocycles. The first-order valence-corrected chi connectivity index (χ1v) is 6.95. The van der Waals surface area contributed by atoms with Crippen molar-refractivity contribution in [1.82, 2.24) is 20.0 Å². The topological polar surface area (TPSA) is 75.3 Å². The van der Waals surface area contributed by atoms with Crippen molar-refractivity contribution in [2.24, 2.45) is 0 Å². The van der Waals surface area contributed by atoms with Crippen LogP contribution in [0.1, 0.15) is 25.2 Å². The van der Waals surface area contributed by atoms with Gasteiger partial charge in [-0.15, -0.1) is 0 Å². The quantitative estimate of drug-likeness (QED) is 0.860. The number of pyridine rings is 1. The third-order valence-corrected chi connectivity index (χ3v) is 3.68. The second kappa shape index (κ2) is 6.11. The van der Waals surface area contributed by atoms with E-state index in [1.165, 1.54) is 19.3 Å². The summed E-state index contributed by atoms with van der Waals surface area (Å²) in [4.78, 5) is 10.8. The highest BCUT2D eigenvalue weighted by Gasteiger charge is 2.26. The van der Waals surface area contributed by atoms with Crippen LogP contribution in [-0.4, -0.2) is 44.3 Å². The van der Waals surface area contributed by atoms with Gasteiger partial charge in [0.1, 0.15) is 5.69 Å². The third kappa shape index (κ3) is 2.86. The summed E-state index contributed by atoms with van der Waals surface area (Å²) >= 11 is 0. The molecular weight excluding hydrogens is 256 g/mol. The minimum absolute atomic E-state index is 0.151. The number of aliphatic hydroxyl groups is 1. The molecular formula is C14H18N4O2. The smallest absolute Gasteiger partial charge is 0.241 e. The van der Waals surface area contributed by atoms with E-state index in [1.807, 2.05) is 18.2 Å². The molecule has 20 heavy (non-hydrogen) atoms. The molecule has 1 N–H and O–H groups in total. The van der Waals surface area contributed by atoms with E-state index < -0.39 is 0 Å². The van der Waals surface area contributed by atoms with Crippen LogP contribution in [0.5, 0.6) is 0 Å². The molecule has 0 radical (unpaired) electrons. The Morgan fingerprint density at radius 3 is 2.90 bits per heavy atom. The molecule has 2 aromatic rings. The van der Waals surface area contributed by atoms with Crippen molar-refractivity contribution in [2.45, 2.75) is 31.8 Å². The highest BCUT2D eigenvalue weighted by molar-refractivity contribution is 5.46. The Hall–Kier alpha value is -1.79. The van der Waals surface area contributed by atoms with Crippen molar-refractivity contribution in [2.75, 3.05) is 13.2 Å². The van der Waals surface area contributed by atoms with Crippen LogP contribution in [-0.2, 0) is 6.54 Å². The molecule has 0 aliphatic heterocycles. The Labute approximate surface area is 117 Å². The maximum Gasteiger partial charge on any atom is 0.241 e. The lowest BCUT2D eigenvalue weighted by Gasteiger charge is -2.36. The number of nitrogens with zero attached hydrogens (tertiary/aromatic N) is 4. The van der Waals surface area contributed by atoms with Crippen LogP contribution in [0.4, 0.5) is 0 Å². The monoisotopic (exact) mass is 274 g/mol. The summed E-state index contributed by atoms with van der Waals surface area (Å²) in [6, 6.07) is 6.13. The molecule has 6 heteroatoms. The van der Waals surface area contributed by atoms with E-state index in [0.29, 0.717) is 36.5 Å². The highest BCUT2D eigenvalue weighted by Crippen LogP contribution is 2.26. The predicted octanol–water partition coefficient (Wildman–Crippen LogP) is 1.48. The van der Waals surface area contributed by atoms with E-state index in [-0.39, 0.29) is 6.61 Å². The predicted molar refractivity (Wildman–Crippen MR) is 72.7 cm³/mol. The molecule has 2 aromatic heterocycles. The lowest BCUT2D eigenvalue weighted by atomic mass is 9.91. The summed E-state index contributed by atoms with van der Waals surface area (Å²) in [7, 11) is 0. The largest absolute Gasteiger partial charge is 0.395 e. The van der Waals surface area contributed by atoms with Gasteiger partial charge in [0.2, 0.25) is 11.7 Å². The number of aliphatic hydroxyl groups excluding tert-OH is 1. The summed E-state index contributed by atoms with van der Waals surface area (Å²) in [5.41, 5.74) is 0.708. The van der Waals surface area contributed by atoms with Gasteiger partial charge >= 0.3 is 0 Å². The fourth-order valence-corrected chi connectivity index (χ4v) is 2.36. The third-order valence-electron chi connectivity index (χ3n) is 3.68. The Morgan fingerprint density at radius 2 is 2.25 bits per heavy atom. The standard InChI is InChI=1S/C14H18N4O2/c19-9-8-18(11-4-3-5-11)10-13-16-14(17-20-13)12-6-1-2-7-15-12/h1-2,6-7,11,19H,3-5,8-10H2. The zero-order valence-electron chi connectivity index (χ0n) is 11.3. The molecule has 0 unspecified atom stereocenters. The lowest BCUT2D eigenvalue weighted by molar-refractivity contribution is 0.0838. The van der Waals surface area contributed by atoms with Crippen molar-refractivity contribution in [3.63, 3.8) is 0 Å². The van der Waals surface area contributed by atoms with E-state index in [2.05, 4.69) is 20.0 Å². The summed E-state index contributed by atoms with van der Waals surface area (Å²) in [5.74, 6) is 1.09. The van der Waals surface area contributed by atoms with E-state index >= 15 is 0 Å². The van der Waals surface area contributed by atoms with Gasteiger partial charge in [0, 0.05) is 18.8 Å². The summed E-state index contributed by atoms with van der Waals surface area (Å²) < 4.78 is 5.29. The first kappa shape index (κ1) is 13.2. The van der Waals surface area contributed by atoms with Gasteiger partial charge < -0.3 is 9.63 Å². The maximum absolute atomic E-state index is 9.15. The van der Waals surface area contributed by atoms with Crippen LogP contribution in [0, 0.1) is 0 Å². The van der Waals surface area contributed by atoms with Gasteiger partial charge in [-0.1, -0.05) is 17.6 Å². The Bertz CT molecular complexity index is 539. The molecule has 6 nitrogen and oxygen atoms in total. The normalized spacial score (nSPS) is 15.5. The van der Waals surface area contributed by atoms with Crippen molar-refractivity contribution in [1.29, 1.82) is 0 Å². The Balaban J connectivity index is 1.69. The number of rotatable bonds is 6. The van der Waals surface area contributed by atoms with E-state index in [9.17, 15) is 0 Å². The van der Waals surface area contributed by atoms with E-state index in [4.69, 9.17) is 9.63 Å². The maximum atomic E-state index is 9.15. The second-order valence-electron chi connectivity index (χ2n) is 5.01. The van der Waals surface area contributed by atoms with Crippen LogP contribution >= 0.6 is 0 Å². The van der Waals surface area contributed by atoms with Crippen LogP contribution in [0.2, 0.25) is 0 Å². The summed E-state index contributed by atoms with van der Waals surface area (Å²) in [6.07, 6.45) is 5.33. The van der Waals surface area contributed by atoms with Crippen molar-refractivity contribution >= 4 is 0 Å². The molecule has 1 saturated carbocycles. The molecule has 0 atom stereocenters. The van der Waals surface area contributed by atoms with Crippen LogP contribution < -0.4 is 0 Å². The van der Waals surface area contributed by atoms with Crippen molar-refractivity contribution in [3.05, 3.63) is 30.3 Å². The number of hydrogen-bond donors (Lipinski definition) is 1. The molecule has 0 amide bonds. The zero-order valence-corrected chi connectivity index (χ0v) is 11.3. The summed E-state index contributed by atoms with van der Waals surface area (Å²) in [6.45, 7) is 1.38. The second-order valence-corrected chi connectivity index (χ2v) is 5.01. The minimum Gasteiger partial charge on any atom is -0.395 e. The highest BCUT2D eigenvalue weighted by atomic mass is 16.5. The molecule has 1 fully saturated rings. The van der Waals surface area contributed by atoms with Gasteiger partial charge in [-0.25, -0.2) is 0 Å². The molecule has 0 aromatic carbocycles. The fourth-order valence-electron chi connectivity index (χ4n) is 2.36. The summed E-state index contributed by atoms with van der Waals surface area (Å²) in [5, 5.41) is 13.1. The molecule has 0 spiro atoms. The van der Waals surface area contributed by atoms with E-state index in [1.54, 1.807) is 6.20 Å². The minimum atomic E-state index is 0.151. The van der Waals surface area contributed by atoms with Crippen LogP contribution in [0.25, 0.3) is 11.5 Å². The number of aromatic nitrogens is 3. The SMILES string of the molecule is OCCN(Cc1nc(-c2ccccn2)no1)C1CCC1. The van der Waals surface area contributed by atoms with Gasteiger partial charge in [-0.3, -0.25) is 9.88 Å². The average molecular weight is 274 g/mol. The average Bonchev–Trinajstić information content (AvgIpc) is 2.87. The first-order chi connectivity index (χ1) is 9.86. The van der Waals surface area contributed by atoms with Gasteiger partial charge in [-0.2, -0.15) is 4.98 Å². The Morgan fingerprint density at radius 1 is 1.35 bits per heavy atom. The molecule has 0 saturated heterocycles. The molecule has 3 rings (SSSR count).